The fourth-order valence-electron chi connectivity index (χ4n) is 2.25. The molecule has 0 saturated heterocycles. The second-order valence-electron chi connectivity index (χ2n) is 7.07. The van der Waals surface area contributed by atoms with Crippen LogP contribution in [0, 0.1) is 5.41 Å². The van der Waals surface area contributed by atoms with E-state index < -0.39 is 0 Å². The third kappa shape index (κ3) is 6.30. The van der Waals surface area contributed by atoms with E-state index in [1.54, 1.807) is 5.01 Å². The highest BCUT2D eigenvalue weighted by atomic mass is 16.2. The van der Waals surface area contributed by atoms with Gasteiger partial charge in [-0.25, -0.2) is 5.43 Å². The van der Waals surface area contributed by atoms with Crippen LogP contribution in [0.25, 0.3) is 0 Å². The summed E-state index contributed by atoms with van der Waals surface area (Å²) in [5, 5.41) is 1.72. The van der Waals surface area contributed by atoms with Crippen molar-refractivity contribution in [3.8, 4) is 0 Å². The molecule has 3 heteroatoms. The van der Waals surface area contributed by atoms with Crippen LogP contribution < -0.4 is 5.43 Å². The summed E-state index contributed by atoms with van der Waals surface area (Å²) in [7, 11) is 1.81. The smallest absolute Gasteiger partial charge is 0.267 e. The quantitative estimate of drug-likeness (QED) is 0.794. The Morgan fingerprint density at radius 2 is 1.95 bits per heavy atom. The maximum Gasteiger partial charge on any atom is 0.267 e. The fraction of sp³-hybridized carbons (Fsp3) is 0.611. The Labute approximate surface area is 129 Å². The third-order valence-corrected chi connectivity index (χ3v) is 3.64. The topological polar surface area (TPSA) is 32.3 Å². The molecule has 0 unspecified atom stereocenters. The van der Waals surface area contributed by atoms with Gasteiger partial charge in [0.25, 0.3) is 5.91 Å². The van der Waals surface area contributed by atoms with Gasteiger partial charge in [0.1, 0.15) is 0 Å². The van der Waals surface area contributed by atoms with E-state index in [0.29, 0.717) is 6.54 Å². The molecule has 0 aromatic carbocycles. The maximum absolute atomic E-state index is 12.7. The van der Waals surface area contributed by atoms with E-state index in [-0.39, 0.29) is 11.3 Å². The number of carbonyl (C=O) groups is 1. The van der Waals surface area contributed by atoms with Crippen LogP contribution in [-0.2, 0) is 4.79 Å². The van der Waals surface area contributed by atoms with Crippen molar-refractivity contribution >= 4 is 5.91 Å². The Balaban J connectivity index is 2.91. The van der Waals surface area contributed by atoms with Crippen molar-refractivity contribution in [1.82, 2.24) is 10.4 Å². The third-order valence-electron chi connectivity index (χ3n) is 3.64. The molecule has 0 heterocycles. The standard InChI is InChI=1S/C18H30N2O/c1-14-8-7-9-15(2)13-16(12-14)17(21)20(19-6)11-10-18(3,4)5/h8,12-13,19H,7,9-11H2,1-6H3/b14-8+,15-13?,16-12?. The van der Waals surface area contributed by atoms with Crippen LogP contribution in [0.5, 0.6) is 0 Å². The predicted octanol–water partition coefficient (Wildman–Crippen LogP) is 4.00. The highest BCUT2D eigenvalue weighted by Gasteiger charge is 2.19. The zero-order valence-electron chi connectivity index (χ0n) is 14.4. The van der Waals surface area contributed by atoms with Gasteiger partial charge in [-0.2, -0.15) is 0 Å². The number of nitrogens with one attached hydrogen (secondary N) is 1. The van der Waals surface area contributed by atoms with Crippen LogP contribution >= 0.6 is 0 Å². The van der Waals surface area contributed by atoms with Crippen LogP contribution in [0.15, 0.2) is 34.9 Å². The zero-order chi connectivity index (χ0) is 16.0. The molecule has 118 valence electrons. The van der Waals surface area contributed by atoms with E-state index >= 15 is 0 Å². The van der Waals surface area contributed by atoms with E-state index in [9.17, 15) is 4.79 Å². The van der Waals surface area contributed by atoms with Gasteiger partial charge in [0.2, 0.25) is 0 Å². The molecule has 0 fully saturated rings. The van der Waals surface area contributed by atoms with Gasteiger partial charge < -0.3 is 0 Å². The summed E-state index contributed by atoms with van der Waals surface area (Å²) in [6.07, 6.45) is 9.25. The molecule has 0 aromatic rings. The van der Waals surface area contributed by atoms with E-state index in [0.717, 1.165) is 30.4 Å². The molecule has 0 radical (unpaired) electrons. The normalized spacial score (nSPS) is 18.9. The molecule has 21 heavy (non-hydrogen) atoms. The van der Waals surface area contributed by atoms with E-state index in [1.165, 1.54) is 5.57 Å². The van der Waals surface area contributed by atoms with E-state index in [2.05, 4.69) is 46.1 Å². The van der Waals surface area contributed by atoms with Crippen molar-refractivity contribution in [2.24, 2.45) is 5.41 Å². The number of allylic oxidation sites excluding steroid dienone is 4. The molecule has 0 bridgehead atoms. The van der Waals surface area contributed by atoms with E-state index in [4.69, 9.17) is 0 Å². The average molecular weight is 290 g/mol. The molecule has 1 N–H and O–H groups in total. The molecule has 1 aliphatic carbocycles. The fourth-order valence-corrected chi connectivity index (χ4v) is 2.25. The molecule has 1 rings (SSSR count). The minimum atomic E-state index is 0.0516. The number of hydrogen-bond donors (Lipinski definition) is 1. The molecule has 0 aliphatic heterocycles. The van der Waals surface area contributed by atoms with Gasteiger partial charge in [-0.05, 0) is 44.6 Å². The highest BCUT2D eigenvalue weighted by Crippen LogP contribution is 2.21. The van der Waals surface area contributed by atoms with Crippen molar-refractivity contribution < 1.29 is 4.79 Å². The van der Waals surface area contributed by atoms with E-state index in [1.807, 2.05) is 19.2 Å². The van der Waals surface area contributed by atoms with Gasteiger partial charge in [-0.15, -0.1) is 0 Å². The number of hydrazine groups is 1. The summed E-state index contributed by atoms with van der Waals surface area (Å²) in [6, 6.07) is 0. The number of nitrogens with zero attached hydrogens (tertiary/aromatic N) is 1. The van der Waals surface area contributed by atoms with Crippen LogP contribution in [-0.4, -0.2) is 24.5 Å². The lowest BCUT2D eigenvalue weighted by Gasteiger charge is -2.26. The summed E-state index contributed by atoms with van der Waals surface area (Å²) < 4.78 is 0. The first kappa shape index (κ1) is 17.7. The number of carbonyl (C=O) groups excluding carboxylic acids is 1. The lowest BCUT2D eigenvalue weighted by atomic mass is 9.92. The van der Waals surface area contributed by atoms with Crippen molar-refractivity contribution in [3.63, 3.8) is 0 Å². The van der Waals surface area contributed by atoms with Gasteiger partial charge in [0.15, 0.2) is 0 Å². The molecule has 3 nitrogen and oxygen atoms in total. The van der Waals surface area contributed by atoms with Crippen LogP contribution in [0.4, 0.5) is 0 Å². The first-order valence-corrected chi connectivity index (χ1v) is 7.78. The van der Waals surface area contributed by atoms with Gasteiger partial charge in [-0.3, -0.25) is 9.80 Å². The monoisotopic (exact) mass is 290 g/mol. The highest BCUT2D eigenvalue weighted by molar-refractivity contribution is 5.96. The zero-order valence-corrected chi connectivity index (χ0v) is 14.4. The SMILES string of the molecule is CNN(CCC(C)(C)C)C(=O)C1=C/C(C)=C/CCC(C)=C1. The molecule has 0 saturated carbocycles. The van der Waals surface area contributed by atoms with Gasteiger partial charge in [0, 0.05) is 19.2 Å². The maximum atomic E-state index is 12.7. The summed E-state index contributed by atoms with van der Waals surface area (Å²) in [6.45, 7) is 11.4. The van der Waals surface area contributed by atoms with Crippen molar-refractivity contribution in [2.45, 2.75) is 53.9 Å². The Bertz CT molecular complexity index is 464. The van der Waals surface area contributed by atoms with Gasteiger partial charge >= 0.3 is 0 Å². The van der Waals surface area contributed by atoms with Crippen LogP contribution in [0.3, 0.4) is 0 Å². The number of amides is 1. The Kier molecular flexibility index (Phi) is 6.41. The minimum absolute atomic E-state index is 0.0516. The summed E-state index contributed by atoms with van der Waals surface area (Å²) in [5.41, 5.74) is 6.43. The Hall–Kier alpha value is -1.35. The molecular formula is C18H30N2O. The Morgan fingerprint density at radius 3 is 2.52 bits per heavy atom. The van der Waals surface area contributed by atoms with Crippen molar-refractivity contribution in [2.75, 3.05) is 13.6 Å². The number of rotatable bonds is 4. The molecule has 1 amide bonds. The first-order chi connectivity index (χ1) is 9.73. The van der Waals surface area contributed by atoms with Gasteiger partial charge in [0.05, 0.1) is 0 Å². The number of hydrogen-bond acceptors (Lipinski definition) is 2. The second-order valence-corrected chi connectivity index (χ2v) is 7.07. The average Bonchev–Trinajstić information content (AvgIpc) is 2.35. The summed E-state index contributed by atoms with van der Waals surface area (Å²) in [4.78, 5) is 12.7. The lowest BCUT2D eigenvalue weighted by molar-refractivity contribution is -0.129. The molecule has 0 spiro atoms. The van der Waals surface area contributed by atoms with Crippen molar-refractivity contribution in [3.05, 3.63) is 34.9 Å². The molecule has 0 aromatic heterocycles. The van der Waals surface area contributed by atoms with Crippen LogP contribution in [0.1, 0.15) is 53.9 Å². The largest absolute Gasteiger partial charge is 0.274 e. The van der Waals surface area contributed by atoms with Crippen molar-refractivity contribution in [1.29, 1.82) is 0 Å². The van der Waals surface area contributed by atoms with Gasteiger partial charge in [-0.1, -0.05) is 44.1 Å². The lowest BCUT2D eigenvalue weighted by Crippen LogP contribution is -2.42. The Morgan fingerprint density at radius 1 is 1.29 bits per heavy atom. The summed E-state index contributed by atoms with van der Waals surface area (Å²) in [5.74, 6) is 0.0516. The predicted molar refractivity (Wildman–Crippen MR) is 89.7 cm³/mol. The molecule has 0 atom stereocenters. The summed E-state index contributed by atoms with van der Waals surface area (Å²) >= 11 is 0. The second kappa shape index (κ2) is 7.60. The van der Waals surface area contributed by atoms with Crippen LogP contribution in [0.2, 0.25) is 0 Å². The molecular weight excluding hydrogens is 260 g/mol. The first-order valence-electron chi connectivity index (χ1n) is 7.78. The minimum Gasteiger partial charge on any atom is -0.274 e. The molecule has 1 aliphatic rings.